The van der Waals surface area contributed by atoms with E-state index in [4.69, 9.17) is 10.3 Å². The van der Waals surface area contributed by atoms with E-state index in [2.05, 4.69) is 25.0 Å². The molecule has 1 amide bonds. The highest BCUT2D eigenvalue weighted by atomic mass is 19.1. The zero-order valence-corrected chi connectivity index (χ0v) is 22.4. The third kappa shape index (κ3) is 5.56. The van der Waals surface area contributed by atoms with Crippen LogP contribution in [0.5, 0.6) is 0 Å². The number of aromatic nitrogens is 4. The van der Waals surface area contributed by atoms with Crippen molar-refractivity contribution in [3.8, 4) is 0 Å². The van der Waals surface area contributed by atoms with Crippen molar-refractivity contribution in [2.24, 2.45) is 5.73 Å². The number of halogens is 2. The number of amides is 1. The Kier molecular flexibility index (Phi) is 7.74. The summed E-state index contributed by atoms with van der Waals surface area (Å²) in [7, 11) is 0. The van der Waals surface area contributed by atoms with Gasteiger partial charge in [0, 0.05) is 69.0 Å². The quantitative estimate of drug-likeness (QED) is 0.482. The molecule has 0 saturated carbocycles. The number of benzene rings is 1. The van der Waals surface area contributed by atoms with E-state index in [0.717, 1.165) is 25.0 Å². The van der Waals surface area contributed by atoms with Gasteiger partial charge in [-0.05, 0) is 43.5 Å². The van der Waals surface area contributed by atoms with E-state index in [-0.39, 0.29) is 23.4 Å². The van der Waals surface area contributed by atoms with Crippen LogP contribution in [0.2, 0.25) is 0 Å². The second kappa shape index (κ2) is 11.2. The van der Waals surface area contributed by atoms with Crippen LogP contribution in [-0.2, 0) is 0 Å². The van der Waals surface area contributed by atoms with Crippen molar-refractivity contribution in [2.45, 2.75) is 57.5 Å². The highest BCUT2D eigenvalue weighted by Gasteiger charge is 2.35. The third-order valence-electron chi connectivity index (χ3n) is 7.62. The van der Waals surface area contributed by atoms with Crippen molar-refractivity contribution >= 4 is 17.9 Å². The Morgan fingerprint density at radius 2 is 1.87 bits per heavy atom. The average Bonchev–Trinajstić information content (AvgIpc) is 3.59. The predicted octanol–water partition coefficient (Wildman–Crippen LogP) is 3.32. The molecule has 10 nitrogen and oxygen atoms in total. The largest absolute Gasteiger partial charge is 0.339 e. The topological polar surface area (TPSA) is 118 Å². The number of rotatable bonds is 7. The molecule has 2 atom stereocenters. The summed E-state index contributed by atoms with van der Waals surface area (Å²) in [6.07, 6.45) is 4.61. The summed E-state index contributed by atoms with van der Waals surface area (Å²) in [4.78, 5) is 32.5. The smallest absolute Gasteiger partial charge is 0.324 e. The molecular formula is C27H34F2N8O2. The highest BCUT2D eigenvalue weighted by Crippen LogP contribution is 2.31. The van der Waals surface area contributed by atoms with Crippen molar-refractivity contribution in [3.05, 3.63) is 59.2 Å². The van der Waals surface area contributed by atoms with Gasteiger partial charge in [0.25, 0.3) is 5.91 Å². The monoisotopic (exact) mass is 540 g/mol. The summed E-state index contributed by atoms with van der Waals surface area (Å²) in [5.74, 6) is -0.217. The number of anilines is 2. The molecule has 2 fully saturated rings. The highest BCUT2D eigenvalue weighted by molar-refractivity contribution is 5.94. The van der Waals surface area contributed by atoms with Crippen LogP contribution in [-0.4, -0.2) is 75.7 Å². The lowest BCUT2D eigenvalue weighted by atomic mass is 9.94. The Hall–Kier alpha value is -3.67. The summed E-state index contributed by atoms with van der Waals surface area (Å²) in [6, 6.07) is 3.60. The number of nitrogens with zero attached hydrogens (tertiary/aromatic N) is 7. The number of carbonyl (C=O) groups is 1. The normalized spacial score (nSPS) is 20.2. The van der Waals surface area contributed by atoms with Gasteiger partial charge in [0.05, 0.1) is 5.56 Å². The van der Waals surface area contributed by atoms with Gasteiger partial charge in [0.2, 0.25) is 5.95 Å². The second-order valence-electron chi connectivity index (χ2n) is 10.5. The molecule has 0 aliphatic carbocycles. The zero-order valence-electron chi connectivity index (χ0n) is 22.4. The van der Waals surface area contributed by atoms with E-state index in [1.165, 1.54) is 18.5 Å². The third-order valence-corrected chi connectivity index (χ3v) is 7.62. The first-order valence-corrected chi connectivity index (χ1v) is 13.4. The fourth-order valence-electron chi connectivity index (χ4n) is 5.41. The molecule has 3 aromatic rings. The lowest BCUT2D eigenvalue weighted by Crippen LogP contribution is -2.47. The van der Waals surface area contributed by atoms with Gasteiger partial charge in [-0.3, -0.25) is 4.79 Å². The first kappa shape index (κ1) is 26.9. The maximum Gasteiger partial charge on any atom is 0.324 e. The van der Waals surface area contributed by atoms with Gasteiger partial charge < -0.3 is 25.0 Å². The first-order valence-electron chi connectivity index (χ1n) is 13.4. The van der Waals surface area contributed by atoms with Gasteiger partial charge in [0.15, 0.2) is 5.82 Å². The van der Waals surface area contributed by atoms with E-state index in [9.17, 15) is 13.6 Å². The van der Waals surface area contributed by atoms with Crippen molar-refractivity contribution in [3.63, 3.8) is 0 Å². The molecule has 0 unspecified atom stereocenters. The van der Waals surface area contributed by atoms with Gasteiger partial charge >= 0.3 is 6.01 Å². The maximum absolute atomic E-state index is 14.3. The van der Waals surface area contributed by atoms with Crippen molar-refractivity contribution in [2.75, 3.05) is 42.5 Å². The summed E-state index contributed by atoms with van der Waals surface area (Å²) < 4.78 is 33.5. The molecule has 12 heteroatoms. The Bertz CT molecular complexity index is 1290. The molecule has 2 aliphatic rings. The number of hydrogen-bond acceptors (Lipinski definition) is 9. The molecule has 2 aliphatic heterocycles. The predicted molar refractivity (Wildman–Crippen MR) is 142 cm³/mol. The van der Waals surface area contributed by atoms with Crippen LogP contribution in [0.25, 0.3) is 0 Å². The van der Waals surface area contributed by atoms with Crippen LogP contribution in [0, 0.1) is 11.6 Å². The minimum Gasteiger partial charge on any atom is -0.339 e. The minimum atomic E-state index is -0.503. The van der Waals surface area contributed by atoms with Gasteiger partial charge in [-0.2, -0.15) is 4.98 Å². The van der Waals surface area contributed by atoms with Crippen molar-refractivity contribution < 1.29 is 18.1 Å². The van der Waals surface area contributed by atoms with E-state index >= 15 is 0 Å². The van der Waals surface area contributed by atoms with E-state index in [1.54, 1.807) is 0 Å². The van der Waals surface area contributed by atoms with Crippen LogP contribution >= 0.6 is 0 Å². The molecule has 5 rings (SSSR count). The number of carbonyl (C=O) groups excluding carboxylic acids is 1. The summed E-state index contributed by atoms with van der Waals surface area (Å²) in [5.41, 5.74) is 6.93. The van der Waals surface area contributed by atoms with Crippen LogP contribution in [0.1, 0.15) is 67.2 Å². The fraction of sp³-hybridized carbons (Fsp3) is 0.519. The van der Waals surface area contributed by atoms with Crippen LogP contribution < -0.4 is 15.5 Å². The molecule has 0 spiro atoms. The molecule has 2 saturated heterocycles. The Labute approximate surface area is 226 Å². The standard InChI is InChI=1S/C27H34F2N8O2/c1-4-37(19-7-9-35(10-8-19)27-33-24(16(2)3)34-39-27)25(38)17-12-31-26(32-13-17)36-14-21(23(30)15-36)20-11-18(28)5-6-22(20)29/h5-6,11-13,16,19,21,23H,4,7-10,14-15,30H2,1-3H3/t21-,23+/m1/s1. The Morgan fingerprint density at radius 3 is 2.51 bits per heavy atom. The molecule has 1 aromatic carbocycles. The molecular weight excluding hydrogens is 506 g/mol. The SMILES string of the molecule is CCN(C(=O)c1cnc(N2C[C@H](c3cc(F)ccc3F)[C@@H](N)C2)nc1)C1CCN(c2nc(C(C)C)no2)CC1. The van der Waals surface area contributed by atoms with Gasteiger partial charge in [-0.25, -0.2) is 18.7 Å². The van der Waals surface area contributed by atoms with E-state index in [1.807, 2.05) is 30.6 Å². The number of nitrogens with two attached hydrogens (primary N) is 1. The Morgan fingerprint density at radius 1 is 1.15 bits per heavy atom. The molecule has 208 valence electrons. The number of hydrogen-bond donors (Lipinski definition) is 1. The van der Waals surface area contributed by atoms with Gasteiger partial charge in [0.1, 0.15) is 11.6 Å². The second-order valence-corrected chi connectivity index (χ2v) is 10.5. The molecule has 2 N–H and O–H groups in total. The number of piperidine rings is 1. The summed E-state index contributed by atoms with van der Waals surface area (Å²) in [6.45, 7) is 8.74. The van der Waals surface area contributed by atoms with E-state index < -0.39 is 23.6 Å². The molecule has 0 bridgehead atoms. The fourth-order valence-corrected chi connectivity index (χ4v) is 5.41. The van der Waals surface area contributed by atoms with Crippen molar-refractivity contribution in [1.82, 2.24) is 25.0 Å². The van der Waals surface area contributed by atoms with Gasteiger partial charge in [-0.15, -0.1) is 0 Å². The molecule has 4 heterocycles. The first-order chi connectivity index (χ1) is 18.7. The lowest BCUT2D eigenvalue weighted by Gasteiger charge is -2.37. The van der Waals surface area contributed by atoms with Crippen molar-refractivity contribution in [1.29, 1.82) is 0 Å². The van der Waals surface area contributed by atoms with E-state index in [0.29, 0.717) is 56.1 Å². The van der Waals surface area contributed by atoms with Crippen LogP contribution in [0.3, 0.4) is 0 Å². The van der Waals surface area contributed by atoms with Gasteiger partial charge in [-0.1, -0.05) is 19.0 Å². The minimum absolute atomic E-state index is 0.0735. The summed E-state index contributed by atoms with van der Waals surface area (Å²) in [5, 5.41) is 4.05. The zero-order chi connectivity index (χ0) is 27.7. The average molecular weight is 541 g/mol. The summed E-state index contributed by atoms with van der Waals surface area (Å²) >= 11 is 0. The lowest BCUT2D eigenvalue weighted by molar-refractivity contribution is 0.0661. The van der Waals surface area contributed by atoms with Crippen LogP contribution in [0.15, 0.2) is 35.1 Å². The maximum atomic E-state index is 14.3. The molecule has 0 radical (unpaired) electrons. The molecule has 2 aromatic heterocycles. The van der Waals surface area contributed by atoms with Crippen LogP contribution in [0.4, 0.5) is 20.7 Å². The Balaban J connectivity index is 1.21. The molecule has 39 heavy (non-hydrogen) atoms.